The largest absolute Gasteiger partial charge is 0.333 e. The number of hydrogen-bond donors (Lipinski definition) is 0. The third-order valence-electron chi connectivity index (χ3n) is 5.41. The van der Waals surface area contributed by atoms with Gasteiger partial charge in [0.05, 0.1) is 16.9 Å². The molecule has 2 atom stereocenters. The molecule has 0 radical (unpaired) electrons. The molecule has 2 aromatic rings. The van der Waals surface area contributed by atoms with E-state index < -0.39 is 0 Å². The summed E-state index contributed by atoms with van der Waals surface area (Å²) < 4.78 is 1.55. The molecular formula is C22H32ClN3O2. The average Bonchev–Trinajstić information content (AvgIpc) is 2.69. The lowest BCUT2D eigenvalue weighted by Gasteiger charge is -2.32. The van der Waals surface area contributed by atoms with Crippen molar-refractivity contribution >= 4 is 28.4 Å². The summed E-state index contributed by atoms with van der Waals surface area (Å²) in [5.74, 6) is 0.785. The molecule has 0 aliphatic rings. The quantitative estimate of drug-likeness (QED) is 0.582. The van der Waals surface area contributed by atoms with E-state index in [9.17, 15) is 9.59 Å². The molecule has 1 aromatic heterocycles. The zero-order valence-electron chi connectivity index (χ0n) is 17.7. The minimum absolute atomic E-state index is 0.0187. The summed E-state index contributed by atoms with van der Waals surface area (Å²) in [6.07, 6.45) is 4.72. The van der Waals surface area contributed by atoms with Gasteiger partial charge in [0, 0.05) is 24.5 Å². The monoisotopic (exact) mass is 405 g/mol. The van der Waals surface area contributed by atoms with Gasteiger partial charge in [-0.2, -0.15) is 0 Å². The van der Waals surface area contributed by atoms with Gasteiger partial charge in [0.1, 0.15) is 5.82 Å². The number of carbonyl (C=O) groups is 1. The van der Waals surface area contributed by atoms with E-state index in [-0.39, 0.29) is 23.4 Å². The number of rotatable bonds is 9. The number of aromatic nitrogens is 2. The normalized spacial score (nSPS) is 13.5. The lowest BCUT2D eigenvalue weighted by molar-refractivity contribution is -0.138. The van der Waals surface area contributed by atoms with Gasteiger partial charge in [0.15, 0.2) is 0 Å². The van der Waals surface area contributed by atoms with E-state index in [1.807, 2.05) is 11.8 Å². The molecule has 0 saturated heterocycles. The third-order valence-corrected chi connectivity index (χ3v) is 5.64. The van der Waals surface area contributed by atoms with Crippen molar-refractivity contribution in [2.45, 2.75) is 65.8 Å². The van der Waals surface area contributed by atoms with E-state index >= 15 is 0 Å². The van der Waals surface area contributed by atoms with Crippen molar-refractivity contribution in [1.29, 1.82) is 0 Å². The highest BCUT2D eigenvalue weighted by Gasteiger charge is 2.29. The van der Waals surface area contributed by atoms with Crippen LogP contribution in [0.2, 0.25) is 5.02 Å². The van der Waals surface area contributed by atoms with Crippen LogP contribution in [0.3, 0.4) is 0 Å². The molecule has 5 nitrogen and oxygen atoms in total. The first-order chi connectivity index (χ1) is 13.3. The van der Waals surface area contributed by atoms with Crippen LogP contribution in [0.15, 0.2) is 23.0 Å². The second kappa shape index (κ2) is 10.1. The number of fused-ring (bicyclic) bond motifs is 1. The summed E-state index contributed by atoms with van der Waals surface area (Å²) in [5, 5.41) is 1.00. The first-order valence-corrected chi connectivity index (χ1v) is 10.7. The van der Waals surface area contributed by atoms with Crippen LogP contribution in [0.1, 0.15) is 71.7 Å². The van der Waals surface area contributed by atoms with Crippen LogP contribution < -0.4 is 5.56 Å². The van der Waals surface area contributed by atoms with Gasteiger partial charge in [0.2, 0.25) is 5.91 Å². The Balaban J connectivity index is 2.46. The topological polar surface area (TPSA) is 55.2 Å². The number of hydrogen-bond acceptors (Lipinski definition) is 3. The Morgan fingerprint density at radius 2 is 1.96 bits per heavy atom. The standard InChI is InChI=1S/C22H32ClN3O2/c1-6-9-10-16(8-3)21(27)26(13-7-2)15(4)20-24-19-12-11-17(23)14-18(19)22(28)25(20)5/h11-12,14-16H,6-10,13H2,1-5H3. The van der Waals surface area contributed by atoms with Crippen molar-refractivity contribution in [2.75, 3.05) is 6.54 Å². The highest BCUT2D eigenvalue weighted by molar-refractivity contribution is 6.31. The van der Waals surface area contributed by atoms with Crippen molar-refractivity contribution in [3.8, 4) is 0 Å². The van der Waals surface area contributed by atoms with Crippen LogP contribution in [0, 0.1) is 5.92 Å². The van der Waals surface area contributed by atoms with Crippen LogP contribution in [-0.2, 0) is 11.8 Å². The van der Waals surface area contributed by atoms with Crippen molar-refractivity contribution < 1.29 is 4.79 Å². The number of benzene rings is 1. The second-order valence-electron chi connectivity index (χ2n) is 7.45. The Labute approximate surface area is 172 Å². The van der Waals surface area contributed by atoms with E-state index in [1.165, 1.54) is 0 Å². The van der Waals surface area contributed by atoms with Gasteiger partial charge in [-0.25, -0.2) is 4.98 Å². The van der Waals surface area contributed by atoms with Gasteiger partial charge in [-0.3, -0.25) is 14.2 Å². The van der Waals surface area contributed by atoms with Gasteiger partial charge in [0.25, 0.3) is 5.56 Å². The van der Waals surface area contributed by atoms with E-state index in [2.05, 4.69) is 20.8 Å². The van der Waals surface area contributed by atoms with Gasteiger partial charge >= 0.3 is 0 Å². The Morgan fingerprint density at radius 1 is 1.25 bits per heavy atom. The fraction of sp³-hybridized carbons (Fsp3) is 0.591. The summed E-state index contributed by atoms with van der Waals surface area (Å²) in [4.78, 5) is 32.7. The molecule has 0 aliphatic carbocycles. The zero-order chi connectivity index (χ0) is 20.8. The average molecular weight is 406 g/mol. The molecule has 154 valence electrons. The summed E-state index contributed by atoms with van der Waals surface area (Å²) in [7, 11) is 1.71. The van der Waals surface area contributed by atoms with Crippen LogP contribution in [-0.4, -0.2) is 26.9 Å². The molecule has 2 unspecified atom stereocenters. The molecule has 2 rings (SSSR count). The molecule has 6 heteroatoms. The highest BCUT2D eigenvalue weighted by Crippen LogP contribution is 2.25. The Morgan fingerprint density at radius 3 is 2.57 bits per heavy atom. The van der Waals surface area contributed by atoms with Crippen LogP contribution in [0.25, 0.3) is 10.9 Å². The van der Waals surface area contributed by atoms with E-state index in [1.54, 1.807) is 29.8 Å². The van der Waals surface area contributed by atoms with Crippen molar-refractivity contribution in [1.82, 2.24) is 14.5 Å². The molecule has 0 bridgehead atoms. The van der Waals surface area contributed by atoms with E-state index in [4.69, 9.17) is 16.6 Å². The Bertz CT molecular complexity index is 878. The maximum Gasteiger partial charge on any atom is 0.261 e. The Kier molecular flexibility index (Phi) is 8.05. The van der Waals surface area contributed by atoms with Gasteiger partial charge in [-0.1, -0.05) is 45.2 Å². The van der Waals surface area contributed by atoms with E-state index in [0.29, 0.717) is 28.3 Å². The minimum atomic E-state index is -0.277. The maximum atomic E-state index is 13.3. The molecule has 1 aromatic carbocycles. The second-order valence-corrected chi connectivity index (χ2v) is 7.89. The fourth-order valence-electron chi connectivity index (χ4n) is 3.70. The predicted molar refractivity (Wildman–Crippen MR) is 116 cm³/mol. The first-order valence-electron chi connectivity index (χ1n) is 10.3. The molecule has 28 heavy (non-hydrogen) atoms. The van der Waals surface area contributed by atoms with Crippen molar-refractivity contribution in [3.05, 3.63) is 39.4 Å². The van der Waals surface area contributed by atoms with Gasteiger partial charge in [-0.15, -0.1) is 0 Å². The summed E-state index contributed by atoms with van der Waals surface area (Å²) >= 11 is 6.04. The minimum Gasteiger partial charge on any atom is -0.333 e. The SMILES string of the molecule is CCCCC(CC)C(=O)N(CCC)C(C)c1nc2ccc(Cl)cc2c(=O)n1C. The summed E-state index contributed by atoms with van der Waals surface area (Å²) in [6.45, 7) is 8.89. The maximum absolute atomic E-state index is 13.3. The zero-order valence-corrected chi connectivity index (χ0v) is 18.4. The fourth-order valence-corrected chi connectivity index (χ4v) is 3.87. The summed E-state index contributed by atoms with van der Waals surface area (Å²) in [6, 6.07) is 4.86. The number of carbonyl (C=O) groups excluding carboxylic acids is 1. The van der Waals surface area contributed by atoms with Crippen LogP contribution in [0.5, 0.6) is 0 Å². The number of halogens is 1. The van der Waals surface area contributed by atoms with E-state index in [0.717, 1.165) is 32.1 Å². The number of nitrogens with zero attached hydrogens (tertiary/aromatic N) is 3. The first kappa shape index (κ1) is 22.4. The molecule has 1 amide bonds. The van der Waals surface area contributed by atoms with Gasteiger partial charge in [-0.05, 0) is 44.4 Å². The lowest BCUT2D eigenvalue weighted by atomic mass is 9.97. The lowest BCUT2D eigenvalue weighted by Crippen LogP contribution is -2.40. The molecule has 0 fully saturated rings. The van der Waals surface area contributed by atoms with Crippen molar-refractivity contribution in [3.63, 3.8) is 0 Å². The molecule has 0 saturated carbocycles. The van der Waals surface area contributed by atoms with Crippen molar-refractivity contribution in [2.24, 2.45) is 13.0 Å². The molecule has 1 heterocycles. The third kappa shape index (κ3) is 4.75. The highest BCUT2D eigenvalue weighted by atomic mass is 35.5. The smallest absolute Gasteiger partial charge is 0.261 e. The number of unbranched alkanes of at least 4 members (excludes halogenated alkanes) is 1. The molecule has 0 aliphatic heterocycles. The molecule has 0 spiro atoms. The number of amides is 1. The predicted octanol–water partition coefficient (Wildman–Crippen LogP) is 5.10. The van der Waals surface area contributed by atoms with Crippen LogP contribution >= 0.6 is 11.6 Å². The Hall–Kier alpha value is -1.88. The van der Waals surface area contributed by atoms with Gasteiger partial charge < -0.3 is 4.90 Å². The summed E-state index contributed by atoms with van der Waals surface area (Å²) in [5.41, 5.74) is 0.465. The van der Waals surface area contributed by atoms with Crippen LogP contribution in [0.4, 0.5) is 0 Å². The molecule has 0 N–H and O–H groups in total. The molecular weight excluding hydrogens is 374 g/mol.